The van der Waals surface area contributed by atoms with Crippen LogP contribution in [0.2, 0.25) is 0 Å². The molecule has 1 N–H and O–H groups in total. The molecule has 2 nitrogen and oxygen atoms in total. The first-order valence-corrected chi connectivity index (χ1v) is 9.19. The van der Waals surface area contributed by atoms with Crippen LogP contribution in [0.1, 0.15) is 50.8 Å². The van der Waals surface area contributed by atoms with Crippen molar-refractivity contribution >= 4 is 0 Å². The first kappa shape index (κ1) is 18.5. The second kappa shape index (κ2) is 10.1. The van der Waals surface area contributed by atoms with Crippen LogP contribution >= 0.6 is 0 Å². The van der Waals surface area contributed by atoms with Crippen LogP contribution in [0.15, 0.2) is 54.6 Å². The molecule has 1 atom stereocenters. The van der Waals surface area contributed by atoms with Crippen molar-refractivity contribution in [1.82, 2.24) is 5.32 Å². The SMILES string of the molecule is CCC(NCCc1ccccc1)c1ccc(OCCC(C)C)cc1. The summed E-state index contributed by atoms with van der Waals surface area (Å²) in [5, 5.41) is 3.67. The standard InChI is InChI=1S/C22H31NO/c1-4-22(23-16-14-19-8-6-5-7-9-19)20-10-12-21(13-11-20)24-17-15-18(2)3/h5-13,18,22-23H,4,14-17H2,1-3H3. The highest BCUT2D eigenvalue weighted by Crippen LogP contribution is 2.20. The third kappa shape index (κ3) is 6.37. The van der Waals surface area contributed by atoms with Crippen LogP contribution in [0.25, 0.3) is 0 Å². The second-order valence-electron chi connectivity index (χ2n) is 6.75. The van der Waals surface area contributed by atoms with E-state index in [2.05, 4.69) is 80.7 Å². The second-order valence-corrected chi connectivity index (χ2v) is 6.75. The zero-order valence-corrected chi connectivity index (χ0v) is 15.3. The molecule has 0 spiro atoms. The summed E-state index contributed by atoms with van der Waals surface area (Å²) >= 11 is 0. The third-order valence-electron chi connectivity index (χ3n) is 4.30. The Kier molecular flexibility index (Phi) is 7.84. The van der Waals surface area contributed by atoms with Gasteiger partial charge >= 0.3 is 0 Å². The lowest BCUT2D eigenvalue weighted by atomic mass is 10.0. The summed E-state index contributed by atoms with van der Waals surface area (Å²) in [4.78, 5) is 0. The quantitative estimate of drug-likeness (QED) is 0.632. The van der Waals surface area contributed by atoms with Crippen molar-refractivity contribution in [1.29, 1.82) is 0 Å². The van der Waals surface area contributed by atoms with Gasteiger partial charge in [0.05, 0.1) is 6.61 Å². The Bertz CT molecular complexity index is 562. The lowest BCUT2D eigenvalue weighted by Gasteiger charge is -2.18. The van der Waals surface area contributed by atoms with E-state index < -0.39 is 0 Å². The van der Waals surface area contributed by atoms with E-state index in [-0.39, 0.29) is 0 Å². The zero-order valence-electron chi connectivity index (χ0n) is 15.3. The number of benzene rings is 2. The highest BCUT2D eigenvalue weighted by molar-refractivity contribution is 5.29. The number of hydrogen-bond acceptors (Lipinski definition) is 2. The van der Waals surface area contributed by atoms with Crippen LogP contribution in [0.3, 0.4) is 0 Å². The number of hydrogen-bond donors (Lipinski definition) is 1. The minimum atomic E-state index is 0.401. The van der Waals surface area contributed by atoms with Gasteiger partial charge in [-0.05, 0) is 55.0 Å². The van der Waals surface area contributed by atoms with Crippen molar-refractivity contribution in [2.24, 2.45) is 5.92 Å². The highest BCUT2D eigenvalue weighted by Gasteiger charge is 2.08. The summed E-state index contributed by atoms with van der Waals surface area (Å²) in [5.74, 6) is 1.65. The van der Waals surface area contributed by atoms with Gasteiger partial charge in [-0.2, -0.15) is 0 Å². The molecule has 0 heterocycles. The number of ether oxygens (including phenoxy) is 1. The van der Waals surface area contributed by atoms with Gasteiger partial charge < -0.3 is 10.1 Å². The molecule has 0 radical (unpaired) electrons. The number of rotatable bonds is 10. The van der Waals surface area contributed by atoms with Gasteiger partial charge in [0.1, 0.15) is 5.75 Å². The Morgan fingerprint density at radius 2 is 1.67 bits per heavy atom. The smallest absolute Gasteiger partial charge is 0.119 e. The maximum Gasteiger partial charge on any atom is 0.119 e. The topological polar surface area (TPSA) is 21.3 Å². The molecule has 0 saturated carbocycles. The van der Waals surface area contributed by atoms with Crippen molar-refractivity contribution in [2.45, 2.75) is 46.1 Å². The van der Waals surface area contributed by atoms with Crippen molar-refractivity contribution in [3.8, 4) is 5.75 Å². The molecular formula is C22H31NO. The molecule has 2 aromatic rings. The van der Waals surface area contributed by atoms with Gasteiger partial charge in [0.15, 0.2) is 0 Å². The summed E-state index contributed by atoms with van der Waals surface area (Å²) in [6, 6.07) is 19.6. The van der Waals surface area contributed by atoms with Crippen LogP contribution in [0, 0.1) is 5.92 Å². The normalized spacial score (nSPS) is 12.3. The minimum Gasteiger partial charge on any atom is -0.494 e. The predicted molar refractivity (Wildman–Crippen MR) is 103 cm³/mol. The largest absolute Gasteiger partial charge is 0.494 e. The van der Waals surface area contributed by atoms with Crippen LogP contribution in [0.5, 0.6) is 5.75 Å². The summed E-state index contributed by atoms with van der Waals surface area (Å²) in [7, 11) is 0. The van der Waals surface area contributed by atoms with E-state index in [9.17, 15) is 0 Å². The molecule has 2 heteroatoms. The molecule has 24 heavy (non-hydrogen) atoms. The van der Waals surface area contributed by atoms with E-state index in [1.54, 1.807) is 0 Å². The summed E-state index contributed by atoms with van der Waals surface area (Å²) in [6.45, 7) is 8.46. The molecule has 0 fully saturated rings. The highest BCUT2D eigenvalue weighted by atomic mass is 16.5. The maximum atomic E-state index is 5.80. The molecule has 0 bridgehead atoms. The van der Waals surface area contributed by atoms with Crippen molar-refractivity contribution in [3.05, 3.63) is 65.7 Å². The van der Waals surface area contributed by atoms with E-state index in [0.717, 1.165) is 38.2 Å². The fraction of sp³-hybridized carbons (Fsp3) is 0.455. The van der Waals surface area contributed by atoms with Crippen LogP contribution < -0.4 is 10.1 Å². The lowest BCUT2D eigenvalue weighted by molar-refractivity contribution is 0.289. The van der Waals surface area contributed by atoms with E-state index in [0.29, 0.717) is 12.0 Å². The predicted octanol–water partition coefficient (Wildman–Crippen LogP) is 5.39. The van der Waals surface area contributed by atoms with Gasteiger partial charge in [-0.3, -0.25) is 0 Å². The van der Waals surface area contributed by atoms with Crippen molar-refractivity contribution < 1.29 is 4.74 Å². The van der Waals surface area contributed by atoms with Gasteiger partial charge in [0, 0.05) is 6.04 Å². The fourth-order valence-electron chi connectivity index (χ4n) is 2.74. The molecule has 0 saturated heterocycles. The Morgan fingerprint density at radius 1 is 0.958 bits per heavy atom. The zero-order chi connectivity index (χ0) is 17.2. The maximum absolute atomic E-state index is 5.80. The first-order valence-electron chi connectivity index (χ1n) is 9.19. The van der Waals surface area contributed by atoms with E-state index in [1.807, 2.05) is 0 Å². The Hall–Kier alpha value is -1.80. The van der Waals surface area contributed by atoms with Gasteiger partial charge in [-0.1, -0.05) is 63.2 Å². The summed E-state index contributed by atoms with van der Waals surface area (Å²) < 4.78 is 5.80. The molecule has 2 rings (SSSR count). The minimum absolute atomic E-state index is 0.401. The van der Waals surface area contributed by atoms with Crippen LogP contribution in [-0.2, 0) is 6.42 Å². The first-order chi connectivity index (χ1) is 11.7. The summed E-state index contributed by atoms with van der Waals surface area (Å²) in [6.07, 6.45) is 3.25. The van der Waals surface area contributed by atoms with Gasteiger partial charge in [-0.15, -0.1) is 0 Å². The van der Waals surface area contributed by atoms with Crippen molar-refractivity contribution in [2.75, 3.05) is 13.2 Å². The molecule has 0 aliphatic carbocycles. The molecule has 0 aromatic heterocycles. The Labute approximate surface area is 147 Å². The average Bonchev–Trinajstić information content (AvgIpc) is 2.60. The average molecular weight is 325 g/mol. The van der Waals surface area contributed by atoms with E-state index >= 15 is 0 Å². The third-order valence-corrected chi connectivity index (χ3v) is 4.30. The fourth-order valence-corrected chi connectivity index (χ4v) is 2.74. The molecule has 1 unspecified atom stereocenters. The lowest BCUT2D eigenvalue weighted by Crippen LogP contribution is -2.23. The molecule has 0 aliphatic heterocycles. The molecule has 0 amide bonds. The molecule has 130 valence electrons. The van der Waals surface area contributed by atoms with Gasteiger partial charge in [0.2, 0.25) is 0 Å². The van der Waals surface area contributed by atoms with E-state index in [1.165, 1.54) is 11.1 Å². The summed E-state index contributed by atoms with van der Waals surface area (Å²) in [5.41, 5.74) is 2.72. The molecule has 0 aliphatic rings. The van der Waals surface area contributed by atoms with E-state index in [4.69, 9.17) is 4.74 Å². The van der Waals surface area contributed by atoms with Gasteiger partial charge in [-0.25, -0.2) is 0 Å². The molecular weight excluding hydrogens is 294 g/mol. The van der Waals surface area contributed by atoms with Crippen molar-refractivity contribution in [3.63, 3.8) is 0 Å². The Balaban J connectivity index is 1.81. The van der Waals surface area contributed by atoms with Crippen LogP contribution in [0.4, 0.5) is 0 Å². The monoisotopic (exact) mass is 325 g/mol. The molecule has 2 aromatic carbocycles. The Morgan fingerprint density at radius 3 is 2.29 bits per heavy atom. The number of nitrogens with one attached hydrogen (secondary N) is 1. The van der Waals surface area contributed by atoms with Gasteiger partial charge in [0.25, 0.3) is 0 Å². The van der Waals surface area contributed by atoms with Crippen LogP contribution in [-0.4, -0.2) is 13.2 Å².